The maximum atomic E-state index is 12.2. The lowest BCUT2D eigenvalue weighted by Gasteiger charge is -2.12. The third kappa shape index (κ3) is 4.76. The standard InChI is InChI=1S/C21H19NO5/c1-25-20-12-16(21(24)27-14-18(23)17-8-5-11-22-17)9-10-19(20)26-13-15-6-3-2-4-7-15/h2-12,22H,13-14H2,1H3. The summed E-state index contributed by atoms with van der Waals surface area (Å²) in [5.41, 5.74) is 1.69. The first-order chi connectivity index (χ1) is 13.2. The summed E-state index contributed by atoms with van der Waals surface area (Å²) in [5, 5.41) is 0. The molecule has 0 saturated carbocycles. The van der Waals surface area contributed by atoms with Gasteiger partial charge in [0.25, 0.3) is 0 Å². The van der Waals surface area contributed by atoms with Gasteiger partial charge < -0.3 is 19.2 Å². The maximum absolute atomic E-state index is 12.2. The number of esters is 1. The summed E-state index contributed by atoms with van der Waals surface area (Å²) in [6, 6.07) is 17.8. The van der Waals surface area contributed by atoms with Crippen LogP contribution in [0.3, 0.4) is 0 Å². The fraction of sp³-hybridized carbons (Fsp3) is 0.143. The van der Waals surface area contributed by atoms with Crippen LogP contribution in [0.4, 0.5) is 0 Å². The number of nitrogens with one attached hydrogen (secondary N) is 1. The van der Waals surface area contributed by atoms with Crippen LogP contribution in [0.15, 0.2) is 66.9 Å². The van der Waals surface area contributed by atoms with Crippen molar-refractivity contribution in [2.75, 3.05) is 13.7 Å². The number of ether oxygens (including phenoxy) is 3. The minimum absolute atomic E-state index is 0.276. The highest BCUT2D eigenvalue weighted by Crippen LogP contribution is 2.29. The number of hydrogen-bond acceptors (Lipinski definition) is 5. The normalized spacial score (nSPS) is 10.3. The number of H-pyrrole nitrogens is 1. The van der Waals surface area contributed by atoms with E-state index in [0.717, 1.165) is 5.56 Å². The lowest BCUT2D eigenvalue weighted by Crippen LogP contribution is -2.14. The van der Waals surface area contributed by atoms with Crippen LogP contribution in [-0.4, -0.2) is 30.5 Å². The molecule has 0 spiro atoms. The summed E-state index contributed by atoms with van der Waals surface area (Å²) in [6.45, 7) is 0.0412. The molecule has 0 unspecified atom stereocenters. The summed E-state index contributed by atoms with van der Waals surface area (Å²) in [7, 11) is 1.49. The third-order valence-corrected chi connectivity index (χ3v) is 3.87. The number of ketones is 1. The quantitative estimate of drug-likeness (QED) is 0.487. The molecule has 0 atom stereocenters. The van der Waals surface area contributed by atoms with E-state index in [4.69, 9.17) is 14.2 Å². The van der Waals surface area contributed by atoms with Crippen LogP contribution < -0.4 is 9.47 Å². The van der Waals surface area contributed by atoms with Crippen LogP contribution in [0.25, 0.3) is 0 Å². The van der Waals surface area contributed by atoms with E-state index < -0.39 is 5.97 Å². The van der Waals surface area contributed by atoms with Crippen molar-refractivity contribution in [3.8, 4) is 11.5 Å². The monoisotopic (exact) mass is 365 g/mol. The number of carbonyl (C=O) groups is 2. The zero-order chi connectivity index (χ0) is 19.1. The Labute approximate surface area is 156 Å². The molecule has 0 aliphatic carbocycles. The molecule has 2 aromatic carbocycles. The van der Waals surface area contributed by atoms with E-state index in [1.54, 1.807) is 30.5 Å². The Morgan fingerprint density at radius 1 is 0.963 bits per heavy atom. The Morgan fingerprint density at radius 2 is 1.78 bits per heavy atom. The summed E-state index contributed by atoms with van der Waals surface area (Å²) in [5.74, 6) is 0.0161. The number of aromatic nitrogens is 1. The van der Waals surface area contributed by atoms with Crippen molar-refractivity contribution in [2.24, 2.45) is 0 Å². The molecule has 1 aromatic heterocycles. The fourth-order valence-electron chi connectivity index (χ4n) is 2.45. The highest BCUT2D eigenvalue weighted by molar-refractivity contribution is 5.98. The average molecular weight is 365 g/mol. The summed E-state index contributed by atoms with van der Waals surface area (Å²) >= 11 is 0. The number of aromatic amines is 1. The summed E-state index contributed by atoms with van der Waals surface area (Å²) in [4.78, 5) is 26.9. The van der Waals surface area contributed by atoms with Crippen LogP contribution in [-0.2, 0) is 11.3 Å². The molecule has 6 nitrogen and oxygen atoms in total. The first kappa shape index (κ1) is 18.3. The van der Waals surface area contributed by atoms with Crippen molar-refractivity contribution >= 4 is 11.8 Å². The van der Waals surface area contributed by atoms with Gasteiger partial charge in [0, 0.05) is 6.20 Å². The third-order valence-electron chi connectivity index (χ3n) is 3.87. The Hall–Kier alpha value is -3.54. The van der Waals surface area contributed by atoms with Gasteiger partial charge in [-0.05, 0) is 35.9 Å². The van der Waals surface area contributed by atoms with E-state index in [1.165, 1.54) is 13.2 Å². The molecule has 0 aliphatic rings. The lowest BCUT2D eigenvalue weighted by molar-refractivity contribution is 0.0473. The number of hydrogen-bond donors (Lipinski definition) is 1. The predicted octanol–water partition coefficient (Wildman–Crippen LogP) is 3.64. The second-order valence-electron chi connectivity index (χ2n) is 5.72. The van der Waals surface area contributed by atoms with Crippen LogP contribution in [0.2, 0.25) is 0 Å². The Bertz CT molecular complexity index is 904. The van der Waals surface area contributed by atoms with Crippen molar-refractivity contribution in [2.45, 2.75) is 6.61 Å². The molecule has 0 saturated heterocycles. The molecule has 0 aliphatic heterocycles. The molecule has 27 heavy (non-hydrogen) atoms. The lowest BCUT2D eigenvalue weighted by atomic mass is 10.2. The van der Waals surface area contributed by atoms with E-state index in [2.05, 4.69) is 4.98 Å². The van der Waals surface area contributed by atoms with Crippen LogP contribution >= 0.6 is 0 Å². The first-order valence-electron chi connectivity index (χ1n) is 8.36. The van der Waals surface area contributed by atoms with Crippen molar-refractivity contribution in [3.05, 3.63) is 83.7 Å². The Morgan fingerprint density at radius 3 is 2.48 bits per heavy atom. The predicted molar refractivity (Wildman–Crippen MR) is 99.2 cm³/mol. The molecular weight excluding hydrogens is 346 g/mol. The van der Waals surface area contributed by atoms with Gasteiger partial charge in [-0.1, -0.05) is 30.3 Å². The topological polar surface area (TPSA) is 77.6 Å². The number of methoxy groups -OCH3 is 1. The molecule has 1 heterocycles. The highest BCUT2D eigenvalue weighted by Gasteiger charge is 2.15. The largest absolute Gasteiger partial charge is 0.493 e. The second-order valence-corrected chi connectivity index (χ2v) is 5.72. The Kier molecular flexibility index (Phi) is 5.89. The second kappa shape index (κ2) is 8.71. The number of carbonyl (C=O) groups excluding carboxylic acids is 2. The van der Waals surface area contributed by atoms with Crippen molar-refractivity contribution < 1.29 is 23.8 Å². The zero-order valence-electron chi connectivity index (χ0n) is 14.8. The number of Topliss-reactive ketones (excluding diaryl/α,β-unsaturated/α-hetero) is 1. The molecule has 3 aromatic rings. The minimum Gasteiger partial charge on any atom is -0.493 e. The van der Waals surface area contributed by atoms with Crippen LogP contribution in [0, 0.1) is 0 Å². The van der Waals surface area contributed by atoms with Crippen molar-refractivity contribution in [1.29, 1.82) is 0 Å². The zero-order valence-corrected chi connectivity index (χ0v) is 14.8. The maximum Gasteiger partial charge on any atom is 0.338 e. The number of rotatable bonds is 8. The molecule has 0 radical (unpaired) electrons. The van der Waals surface area contributed by atoms with E-state index >= 15 is 0 Å². The van der Waals surface area contributed by atoms with Crippen molar-refractivity contribution in [1.82, 2.24) is 4.98 Å². The molecule has 1 N–H and O–H groups in total. The molecule has 0 fully saturated rings. The summed E-state index contributed by atoms with van der Waals surface area (Å²) < 4.78 is 16.1. The van der Waals surface area contributed by atoms with Gasteiger partial charge in [0.05, 0.1) is 18.4 Å². The van der Waals surface area contributed by atoms with Gasteiger partial charge in [0.15, 0.2) is 18.1 Å². The van der Waals surface area contributed by atoms with E-state index in [-0.39, 0.29) is 18.0 Å². The van der Waals surface area contributed by atoms with E-state index in [9.17, 15) is 9.59 Å². The smallest absolute Gasteiger partial charge is 0.338 e. The highest BCUT2D eigenvalue weighted by atomic mass is 16.5. The van der Waals surface area contributed by atoms with Gasteiger partial charge in [0.2, 0.25) is 5.78 Å². The molecule has 3 rings (SSSR count). The first-order valence-corrected chi connectivity index (χ1v) is 8.36. The molecule has 0 amide bonds. The van der Waals surface area contributed by atoms with Gasteiger partial charge >= 0.3 is 5.97 Å². The number of benzene rings is 2. The van der Waals surface area contributed by atoms with Crippen LogP contribution in [0.5, 0.6) is 11.5 Å². The van der Waals surface area contributed by atoms with E-state index in [1.807, 2.05) is 30.3 Å². The molecular formula is C21H19NO5. The van der Waals surface area contributed by atoms with Gasteiger partial charge in [-0.2, -0.15) is 0 Å². The van der Waals surface area contributed by atoms with Crippen LogP contribution in [0.1, 0.15) is 26.4 Å². The average Bonchev–Trinajstić information content (AvgIpc) is 3.26. The molecule has 0 bridgehead atoms. The van der Waals surface area contributed by atoms with E-state index in [0.29, 0.717) is 23.8 Å². The SMILES string of the molecule is COc1cc(C(=O)OCC(=O)c2ccc[nH]2)ccc1OCc1ccccc1. The van der Waals surface area contributed by atoms with Gasteiger partial charge in [0.1, 0.15) is 6.61 Å². The van der Waals surface area contributed by atoms with Gasteiger partial charge in [-0.15, -0.1) is 0 Å². The summed E-state index contributed by atoms with van der Waals surface area (Å²) in [6.07, 6.45) is 1.63. The Balaban J connectivity index is 1.62. The van der Waals surface area contributed by atoms with Gasteiger partial charge in [-0.25, -0.2) is 4.79 Å². The minimum atomic E-state index is -0.609. The molecule has 138 valence electrons. The fourth-order valence-corrected chi connectivity index (χ4v) is 2.45. The molecule has 6 heteroatoms. The van der Waals surface area contributed by atoms with Gasteiger partial charge in [-0.3, -0.25) is 4.79 Å². The van der Waals surface area contributed by atoms with Crippen molar-refractivity contribution in [3.63, 3.8) is 0 Å².